The van der Waals surface area contributed by atoms with Gasteiger partial charge in [0.15, 0.2) is 0 Å². The molecule has 0 fully saturated rings. The topological polar surface area (TPSA) is 29.4 Å². The summed E-state index contributed by atoms with van der Waals surface area (Å²) in [5.74, 6) is 0. The van der Waals surface area contributed by atoms with Crippen LogP contribution in [-0.4, -0.2) is 15.2 Å². The molecule has 1 atom stereocenters. The van der Waals surface area contributed by atoms with Gasteiger partial charge in [-0.2, -0.15) is 4.40 Å². The largest absolute Gasteiger partial charge is 0.234 e. The Morgan fingerprint density at radius 3 is 2.44 bits per heavy atom. The summed E-state index contributed by atoms with van der Waals surface area (Å²) in [6, 6.07) is 6.04. The van der Waals surface area contributed by atoms with Crippen LogP contribution in [0.25, 0.3) is 0 Å². The number of rotatable bonds is 2. The van der Waals surface area contributed by atoms with Crippen molar-refractivity contribution in [2.45, 2.75) is 39.4 Å². The summed E-state index contributed by atoms with van der Waals surface area (Å²) in [4.78, 5) is 0. The van der Waals surface area contributed by atoms with Crippen LogP contribution in [0.2, 0.25) is 0 Å². The average molecular weight is 237 g/mol. The molecule has 0 saturated carbocycles. The van der Waals surface area contributed by atoms with Crippen LogP contribution in [0.1, 0.15) is 37.5 Å². The van der Waals surface area contributed by atoms with Crippen LogP contribution in [0.3, 0.4) is 0 Å². The van der Waals surface area contributed by atoms with Gasteiger partial charge in [0.2, 0.25) is 0 Å². The minimum Gasteiger partial charge on any atom is -0.234 e. The van der Waals surface area contributed by atoms with Crippen molar-refractivity contribution >= 4 is 17.2 Å². The Morgan fingerprint density at radius 1 is 1.25 bits per heavy atom. The average Bonchev–Trinajstić information content (AvgIpc) is 2.18. The molecule has 88 valence electrons. The van der Waals surface area contributed by atoms with E-state index in [0.29, 0.717) is 0 Å². The molecule has 0 spiro atoms. The van der Waals surface area contributed by atoms with Crippen molar-refractivity contribution < 1.29 is 4.21 Å². The molecule has 0 aliphatic carbocycles. The Labute approximate surface area is 100 Å². The first-order valence-electron chi connectivity index (χ1n) is 5.34. The molecular formula is C13H19NOS. The number of hydrogen-bond acceptors (Lipinski definition) is 1. The van der Waals surface area contributed by atoms with E-state index >= 15 is 0 Å². The Kier molecular flexibility index (Phi) is 4.03. The second kappa shape index (κ2) is 4.91. The zero-order valence-electron chi connectivity index (χ0n) is 10.6. The molecule has 0 saturated heterocycles. The van der Waals surface area contributed by atoms with Gasteiger partial charge in [0.05, 0.1) is 4.75 Å². The van der Waals surface area contributed by atoms with Crippen molar-refractivity contribution in [2.24, 2.45) is 4.40 Å². The van der Waals surface area contributed by atoms with Gasteiger partial charge >= 0.3 is 0 Å². The van der Waals surface area contributed by atoms with Crippen molar-refractivity contribution in [3.8, 4) is 0 Å². The van der Waals surface area contributed by atoms with Crippen LogP contribution in [-0.2, 0) is 11.0 Å². The van der Waals surface area contributed by atoms with Gasteiger partial charge in [-0.05, 0) is 51.3 Å². The highest BCUT2D eigenvalue weighted by Gasteiger charge is 2.18. The first-order valence-corrected chi connectivity index (χ1v) is 6.45. The lowest BCUT2D eigenvalue weighted by Gasteiger charge is -2.13. The fourth-order valence-electron chi connectivity index (χ4n) is 1.18. The second-order valence-electron chi connectivity index (χ2n) is 4.89. The lowest BCUT2D eigenvalue weighted by Crippen LogP contribution is -2.19. The van der Waals surface area contributed by atoms with Crippen LogP contribution in [0, 0.1) is 13.8 Å². The summed E-state index contributed by atoms with van der Waals surface area (Å²) in [5.41, 5.74) is 3.46. The van der Waals surface area contributed by atoms with Crippen LogP contribution in [0.5, 0.6) is 0 Å². The minimum absolute atomic E-state index is 0.297. The maximum Gasteiger partial charge on any atom is 0.144 e. The molecule has 0 N–H and O–H groups in total. The Hall–Kier alpha value is -0.960. The van der Waals surface area contributed by atoms with Crippen molar-refractivity contribution in [3.05, 3.63) is 34.9 Å². The van der Waals surface area contributed by atoms with E-state index in [1.54, 1.807) is 6.21 Å². The van der Waals surface area contributed by atoms with E-state index in [2.05, 4.69) is 24.3 Å². The van der Waals surface area contributed by atoms with Crippen LogP contribution >= 0.6 is 0 Å². The Morgan fingerprint density at radius 2 is 1.88 bits per heavy atom. The zero-order valence-corrected chi connectivity index (χ0v) is 11.4. The summed E-state index contributed by atoms with van der Waals surface area (Å²) < 4.78 is 15.6. The van der Waals surface area contributed by atoms with E-state index < -0.39 is 11.0 Å². The molecule has 3 heteroatoms. The van der Waals surface area contributed by atoms with Crippen molar-refractivity contribution in [1.82, 2.24) is 0 Å². The maximum absolute atomic E-state index is 11.7. The molecule has 1 aromatic rings. The van der Waals surface area contributed by atoms with E-state index in [9.17, 15) is 4.21 Å². The molecule has 0 aliphatic heterocycles. The molecule has 2 nitrogen and oxygen atoms in total. The van der Waals surface area contributed by atoms with Crippen LogP contribution in [0.4, 0.5) is 0 Å². The quantitative estimate of drug-likeness (QED) is 0.726. The van der Waals surface area contributed by atoms with E-state index in [1.807, 2.05) is 32.9 Å². The van der Waals surface area contributed by atoms with Crippen molar-refractivity contribution in [1.29, 1.82) is 0 Å². The number of benzene rings is 1. The third kappa shape index (κ3) is 3.27. The second-order valence-corrected chi connectivity index (χ2v) is 6.82. The maximum atomic E-state index is 11.7. The van der Waals surface area contributed by atoms with Gasteiger partial charge in [0, 0.05) is 6.21 Å². The fraction of sp³-hybridized carbons (Fsp3) is 0.462. The molecule has 0 aromatic heterocycles. The molecule has 0 radical (unpaired) electrons. The predicted molar refractivity (Wildman–Crippen MR) is 71.4 cm³/mol. The summed E-state index contributed by atoms with van der Waals surface area (Å²) >= 11 is 0. The summed E-state index contributed by atoms with van der Waals surface area (Å²) in [5, 5.41) is 0. The first kappa shape index (κ1) is 13.1. The smallest absolute Gasteiger partial charge is 0.144 e. The third-order valence-corrected chi connectivity index (χ3v) is 3.80. The Bertz CT molecular complexity index is 430. The predicted octanol–water partition coefficient (Wildman–Crippen LogP) is 3.18. The van der Waals surface area contributed by atoms with Gasteiger partial charge in [-0.3, -0.25) is 0 Å². The first-order chi connectivity index (χ1) is 7.32. The van der Waals surface area contributed by atoms with Gasteiger partial charge in [0.25, 0.3) is 0 Å². The lowest BCUT2D eigenvalue weighted by atomic mass is 10.0. The SMILES string of the molecule is Cc1cccc(/C=N/[S@](=O)C(C)(C)C)c1C. The van der Waals surface area contributed by atoms with E-state index in [4.69, 9.17) is 0 Å². The van der Waals surface area contributed by atoms with Crippen LogP contribution < -0.4 is 0 Å². The fourth-order valence-corrected chi connectivity index (χ4v) is 1.70. The Balaban J connectivity index is 2.94. The van der Waals surface area contributed by atoms with E-state index in [0.717, 1.165) is 5.56 Å². The normalized spacial score (nSPS) is 14.3. The van der Waals surface area contributed by atoms with Gasteiger partial charge in [0.1, 0.15) is 11.0 Å². The monoisotopic (exact) mass is 237 g/mol. The summed E-state index contributed by atoms with van der Waals surface area (Å²) in [7, 11) is -1.18. The summed E-state index contributed by atoms with van der Waals surface area (Å²) in [6.07, 6.45) is 1.71. The highest BCUT2D eigenvalue weighted by Crippen LogP contribution is 2.14. The standard InChI is InChI=1S/C13H19NOS/c1-10-7-6-8-12(11(10)2)9-14-16(15)13(3,4)5/h6-9H,1-5H3/b14-9+/t16-/m1/s1. The number of nitrogens with zero attached hydrogens (tertiary/aromatic N) is 1. The molecule has 0 heterocycles. The molecule has 0 aliphatic rings. The van der Waals surface area contributed by atoms with Crippen molar-refractivity contribution in [3.63, 3.8) is 0 Å². The van der Waals surface area contributed by atoms with Crippen molar-refractivity contribution in [2.75, 3.05) is 0 Å². The highest BCUT2D eigenvalue weighted by molar-refractivity contribution is 7.85. The molecule has 0 bridgehead atoms. The van der Waals surface area contributed by atoms with E-state index in [-0.39, 0.29) is 4.75 Å². The number of aryl methyl sites for hydroxylation is 1. The molecular weight excluding hydrogens is 218 g/mol. The van der Waals surface area contributed by atoms with Gasteiger partial charge in [-0.25, -0.2) is 4.21 Å². The zero-order chi connectivity index (χ0) is 12.3. The molecule has 0 amide bonds. The molecule has 1 rings (SSSR count). The highest BCUT2D eigenvalue weighted by atomic mass is 32.2. The summed E-state index contributed by atoms with van der Waals surface area (Å²) in [6.45, 7) is 9.88. The molecule has 1 aromatic carbocycles. The number of hydrogen-bond donors (Lipinski definition) is 0. The van der Waals surface area contributed by atoms with Crippen LogP contribution in [0.15, 0.2) is 22.6 Å². The van der Waals surface area contributed by atoms with Gasteiger partial charge in [-0.15, -0.1) is 0 Å². The van der Waals surface area contributed by atoms with E-state index in [1.165, 1.54) is 11.1 Å². The molecule has 0 unspecified atom stereocenters. The van der Waals surface area contributed by atoms with Gasteiger partial charge in [-0.1, -0.05) is 18.2 Å². The third-order valence-electron chi connectivity index (χ3n) is 2.46. The lowest BCUT2D eigenvalue weighted by molar-refractivity contribution is 0.651. The molecule has 16 heavy (non-hydrogen) atoms. The minimum atomic E-state index is -1.18. The van der Waals surface area contributed by atoms with Gasteiger partial charge < -0.3 is 0 Å².